The van der Waals surface area contributed by atoms with Crippen molar-refractivity contribution in [2.24, 2.45) is 5.92 Å². The fourth-order valence-electron chi connectivity index (χ4n) is 3.88. The molecular weight excluding hydrogens is 306 g/mol. The van der Waals surface area contributed by atoms with Crippen LogP contribution in [0.3, 0.4) is 0 Å². The minimum absolute atomic E-state index is 0.223. The Morgan fingerprint density at radius 2 is 2.35 bits per heavy atom. The van der Waals surface area contributed by atoms with Crippen LogP contribution in [-0.2, 0) is 12.8 Å². The van der Waals surface area contributed by atoms with Crippen LogP contribution in [0.5, 0.6) is 0 Å². The molecule has 2 atom stereocenters. The molecule has 2 aliphatic rings. The molecule has 2 aromatic rings. The van der Waals surface area contributed by atoms with Gasteiger partial charge in [0.2, 0.25) is 0 Å². The molecule has 1 aliphatic heterocycles. The van der Waals surface area contributed by atoms with Crippen molar-refractivity contribution < 1.29 is 4.79 Å². The second-order valence-corrected chi connectivity index (χ2v) is 8.15. The largest absolute Gasteiger partial charge is 0.337 e. The predicted molar refractivity (Wildman–Crippen MR) is 92.0 cm³/mol. The van der Waals surface area contributed by atoms with Gasteiger partial charge in [0.1, 0.15) is 0 Å². The fourth-order valence-corrected chi connectivity index (χ4v) is 5.05. The van der Waals surface area contributed by atoms with Gasteiger partial charge >= 0.3 is 0 Å². The van der Waals surface area contributed by atoms with E-state index < -0.39 is 0 Å². The van der Waals surface area contributed by atoms with E-state index in [1.54, 1.807) is 17.5 Å². The lowest BCUT2D eigenvalue weighted by atomic mass is 9.90. The molecule has 1 aliphatic carbocycles. The van der Waals surface area contributed by atoms with Crippen LogP contribution in [0.25, 0.3) is 0 Å². The van der Waals surface area contributed by atoms with Crippen molar-refractivity contribution in [2.75, 3.05) is 13.1 Å². The van der Waals surface area contributed by atoms with E-state index in [-0.39, 0.29) is 5.91 Å². The topological polar surface area (TPSA) is 49.0 Å². The minimum Gasteiger partial charge on any atom is -0.337 e. The molecule has 4 rings (SSSR count). The van der Waals surface area contributed by atoms with Crippen LogP contribution in [-0.4, -0.2) is 34.1 Å². The summed E-state index contributed by atoms with van der Waals surface area (Å²) < 4.78 is 0. The second-order valence-electron chi connectivity index (χ2n) is 7.01. The molecule has 1 fully saturated rings. The summed E-state index contributed by atoms with van der Waals surface area (Å²) in [5.74, 6) is 1.37. The highest BCUT2D eigenvalue weighted by Crippen LogP contribution is 2.34. The Kier molecular flexibility index (Phi) is 3.97. The fraction of sp³-hybridized carbons (Fsp3) is 0.556. The summed E-state index contributed by atoms with van der Waals surface area (Å²) in [6.07, 6.45) is 7.53. The Hall–Kier alpha value is -1.62. The molecule has 0 aromatic carbocycles. The predicted octanol–water partition coefficient (Wildman–Crippen LogP) is 3.62. The van der Waals surface area contributed by atoms with Gasteiger partial charge in [-0.15, -0.1) is 11.3 Å². The van der Waals surface area contributed by atoms with Crippen molar-refractivity contribution in [3.05, 3.63) is 39.3 Å². The summed E-state index contributed by atoms with van der Waals surface area (Å²) in [7, 11) is 0. The molecule has 122 valence electrons. The maximum atomic E-state index is 12.9. The zero-order valence-electron chi connectivity index (χ0n) is 13.5. The van der Waals surface area contributed by atoms with E-state index >= 15 is 0 Å². The van der Waals surface area contributed by atoms with E-state index in [2.05, 4.69) is 23.2 Å². The Bertz CT molecular complexity index is 691. The number of aromatic nitrogens is 2. The average Bonchev–Trinajstić information content (AvgIpc) is 3.23. The number of nitrogens with zero attached hydrogens (tertiary/aromatic N) is 2. The molecular formula is C18H23N3OS. The summed E-state index contributed by atoms with van der Waals surface area (Å²) >= 11 is 1.73. The van der Waals surface area contributed by atoms with Gasteiger partial charge in [-0.3, -0.25) is 9.89 Å². The highest BCUT2D eigenvalue weighted by atomic mass is 32.1. The molecule has 0 radical (unpaired) electrons. The summed E-state index contributed by atoms with van der Waals surface area (Å²) in [6, 6.07) is 4.20. The molecule has 2 unspecified atom stereocenters. The average molecular weight is 329 g/mol. The first kappa shape index (κ1) is 14.9. The number of H-pyrrole nitrogens is 1. The van der Waals surface area contributed by atoms with Crippen LogP contribution in [0.1, 0.15) is 57.9 Å². The van der Waals surface area contributed by atoms with Crippen LogP contribution < -0.4 is 0 Å². The molecule has 1 amide bonds. The first-order valence-electron chi connectivity index (χ1n) is 8.61. The lowest BCUT2D eigenvalue weighted by Crippen LogP contribution is -2.38. The van der Waals surface area contributed by atoms with Crippen molar-refractivity contribution in [2.45, 2.75) is 44.9 Å². The molecule has 0 spiro atoms. The Balaban J connectivity index is 1.50. The van der Waals surface area contributed by atoms with Crippen molar-refractivity contribution in [1.29, 1.82) is 0 Å². The zero-order valence-corrected chi connectivity index (χ0v) is 14.4. The number of nitrogens with one attached hydrogen (secondary N) is 1. The third-order valence-corrected chi connectivity index (χ3v) is 6.44. The number of carbonyl (C=O) groups excluding carboxylic acids is 1. The standard InChI is InChI=1S/C18H23N3OS/c1-12-4-5-16-14(9-12)10-17(23-16)18(22)21-8-2-3-13(11-21)15-6-7-19-20-15/h6-7,10,12-13H,2-5,8-9,11H2,1H3,(H,19,20). The van der Waals surface area contributed by atoms with Crippen molar-refractivity contribution in [3.63, 3.8) is 0 Å². The minimum atomic E-state index is 0.223. The normalized spacial score (nSPS) is 24.5. The molecule has 5 heteroatoms. The monoisotopic (exact) mass is 329 g/mol. The van der Waals surface area contributed by atoms with Crippen LogP contribution in [0.4, 0.5) is 0 Å². The number of thiophene rings is 1. The third-order valence-electron chi connectivity index (χ3n) is 5.21. The lowest BCUT2D eigenvalue weighted by molar-refractivity contribution is 0.0710. The van der Waals surface area contributed by atoms with Crippen molar-refractivity contribution in [3.8, 4) is 0 Å². The Labute approximate surface area is 140 Å². The molecule has 2 aromatic heterocycles. The van der Waals surface area contributed by atoms with Crippen molar-refractivity contribution in [1.82, 2.24) is 15.1 Å². The molecule has 1 N–H and O–H groups in total. The van der Waals surface area contributed by atoms with Gasteiger partial charge in [-0.1, -0.05) is 6.92 Å². The second kappa shape index (κ2) is 6.11. The first-order chi connectivity index (χ1) is 11.2. The highest BCUT2D eigenvalue weighted by molar-refractivity contribution is 7.14. The van der Waals surface area contributed by atoms with E-state index in [0.717, 1.165) is 55.3 Å². The highest BCUT2D eigenvalue weighted by Gasteiger charge is 2.28. The van der Waals surface area contributed by atoms with Gasteiger partial charge in [0.15, 0.2) is 0 Å². The van der Waals surface area contributed by atoms with Gasteiger partial charge in [-0.25, -0.2) is 0 Å². The van der Waals surface area contributed by atoms with Crippen LogP contribution in [0.15, 0.2) is 18.3 Å². The molecule has 4 nitrogen and oxygen atoms in total. The third kappa shape index (κ3) is 2.94. The molecule has 0 saturated carbocycles. The maximum absolute atomic E-state index is 12.9. The Morgan fingerprint density at radius 1 is 1.43 bits per heavy atom. The van der Waals surface area contributed by atoms with E-state index in [4.69, 9.17) is 0 Å². The maximum Gasteiger partial charge on any atom is 0.263 e. The van der Waals surface area contributed by atoms with E-state index in [1.165, 1.54) is 16.9 Å². The van der Waals surface area contributed by atoms with Gasteiger partial charge in [-0.2, -0.15) is 5.10 Å². The van der Waals surface area contributed by atoms with Gasteiger partial charge in [-0.05, 0) is 55.7 Å². The number of piperidine rings is 1. The summed E-state index contributed by atoms with van der Waals surface area (Å²) in [5, 5.41) is 7.12. The number of aromatic amines is 1. The van der Waals surface area contributed by atoms with E-state index in [1.807, 2.05) is 11.0 Å². The number of hydrogen-bond donors (Lipinski definition) is 1. The van der Waals surface area contributed by atoms with Crippen LogP contribution in [0, 0.1) is 5.92 Å². The quantitative estimate of drug-likeness (QED) is 0.915. The number of rotatable bonds is 2. The number of carbonyl (C=O) groups is 1. The smallest absolute Gasteiger partial charge is 0.263 e. The number of hydrogen-bond acceptors (Lipinski definition) is 3. The molecule has 0 bridgehead atoms. The number of aryl methyl sites for hydroxylation is 1. The Morgan fingerprint density at radius 3 is 3.17 bits per heavy atom. The number of likely N-dealkylation sites (tertiary alicyclic amines) is 1. The van der Waals surface area contributed by atoms with E-state index in [9.17, 15) is 4.79 Å². The SMILES string of the molecule is CC1CCc2sc(C(=O)N3CCCC(c4ccn[nH]4)C3)cc2C1. The number of amides is 1. The van der Waals surface area contributed by atoms with Gasteiger partial charge in [0.25, 0.3) is 5.91 Å². The summed E-state index contributed by atoms with van der Waals surface area (Å²) in [6.45, 7) is 3.99. The van der Waals surface area contributed by atoms with Gasteiger partial charge in [0, 0.05) is 35.8 Å². The molecule has 1 saturated heterocycles. The van der Waals surface area contributed by atoms with Crippen LogP contribution >= 0.6 is 11.3 Å². The molecule has 23 heavy (non-hydrogen) atoms. The summed E-state index contributed by atoms with van der Waals surface area (Å²) in [4.78, 5) is 17.3. The van der Waals surface area contributed by atoms with Gasteiger partial charge < -0.3 is 4.90 Å². The van der Waals surface area contributed by atoms with E-state index in [0.29, 0.717) is 5.92 Å². The van der Waals surface area contributed by atoms with Crippen molar-refractivity contribution >= 4 is 17.2 Å². The number of fused-ring (bicyclic) bond motifs is 1. The lowest BCUT2D eigenvalue weighted by Gasteiger charge is -2.32. The van der Waals surface area contributed by atoms with Gasteiger partial charge in [0.05, 0.1) is 4.88 Å². The summed E-state index contributed by atoms with van der Waals surface area (Å²) in [5.41, 5.74) is 2.57. The first-order valence-corrected chi connectivity index (χ1v) is 9.42. The van der Waals surface area contributed by atoms with Crippen LogP contribution in [0.2, 0.25) is 0 Å². The zero-order chi connectivity index (χ0) is 15.8. The molecule has 3 heterocycles.